The van der Waals surface area contributed by atoms with Crippen LogP contribution in [0.5, 0.6) is 5.75 Å². The number of rotatable bonds is 3. The summed E-state index contributed by atoms with van der Waals surface area (Å²) in [5.74, 6) is 0.419. The number of hydrogen-bond acceptors (Lipinski definition) is 4. The number of piperidine rings is 1. The molecule has 0 unspecified atom stereocenters. The van der Waals surface area contributed by atoms with E-state index in [-0.39, 0.29) is 53.7 Å². The second kappa shape index (κ2) is 8.26. The first-order valence-corrected chi connectivity index (χ1v) is 10.2. The summed E-state index contributed by atoms with van der Waals surface area (Å²) in [6.07, 6.45) is -3.21. The lowest BCUT2D eigenvalue weighted by atomic mass is 9.88. The van der Waals surface area contributed by atoms with Gasteiger partial charge in [-0.2, -0.15) is 13.2 Å². The van der Waals surface area contributed by atoms with Gasteiger partial charge in [-0.15, -0.1) is 0 Å². The Morgan fingerprint density at radius 1 is 1.23 bits per heavy atom. The van der Waals surface area contributed by atoms with Gasteiger partial charge in [-0.1, -0.05) is 11.6 Å². The summed E-state index contributed by atoms with van der Waals surface area (Å²) in [7, 11) is 0. The van der Waals surface area contributed by atoms with Crippen molar-refractivity contribution in [2.75, 3.05) is 39.4 Å². The van der Waals surface area contributed by atoms with Crippen LogP contribution >= 0.6 is 11.6 Å². The summed E-state index contributed by atoms with van der Waals surface area (Å²) in [4.78, 5) is 27.8. The van der Waals surface area contributed by atoms with E-state index in [9.17, 15) is 22.8 Å². The van der Waals surface area contributed by atoms with Gasteiger partial charge < -0.3 is 19.3 Å². The van der Waals surface area contributed by atoms with E-state index in [4.69, 9.17) is 21.1 Å². The van der Waals surface area contributed by atoms with Crippen molar-refractivity contribution in [3.8, 4) is 5.75 Å². The number of ketones is 1. The number of amides is 2. The van der Waals surface area contributed by atoms with Crippen LogP contribution < -0.4 is 4.74 Å². The molecule has 0 N–H and O–H groups in total. The lowest BCUT2D eigenvalue weighted by Gasteiger charge is -2.45. The quantitative estimate of drug-likeness (QED) is 0.713. The molecule has 0 bridgehead atoms. The molecule has 3 aliphatic rings. The Bertz CT molecular complexity index is 829. The number of halogens is 4. The van der Waals surface area contributed by atoms with Gasteiger partial charge in [0.2, 0.25) is 0 Å². The number of carbonyl (C=O) groups is 2. The van der Waals surface area contributed by atoms with Gasteiger partial charge in [0.15, 0.2) is 5.78 Å². The van der Waals surface area contributed by atoms with Gasteiger partial charge in [-0.25, -0.2) is 4.79 Å². The molecule has 0 spiro atoms. The number of nitrogens with zero attached hydrogens (tertiary/aromatic N) is 2. The second-order valence-corrected chi connectivity index (χ2v) is 8.50. The lowest BCUT2D eigenvalue weighted by Crippen LogP contribution is -2.59. The first kappa shape index (κ1) is 21.2. The van der Waals surface area contributed by atoms with Crippen LogP contribution in [0.2, 0.25) is 5.02 Å². The molecule has 3 saturated heterocycles. The van der Waals surface area contributed by atoms with Crippen LogP contribution in [0.1, 0.15) is 18.4 Å². The van der Waals surface area contributed by atoms with E-state index in [1.165, 1.54) is 6.07 Å². The molecule has 2 atom stereocenters. The number of likely N-dealkylation sites (tertiary alicyclic amines) is 2. The SMILES string of the molecule is O=C1CO[C@H]2CCN(C(=O)N3CC(COc4ccc(C(F)(F)F)cc4Cl)C3)C[C@H]2C1. The molecule has 4 rings (SSSR count). The van der Waals surface area contributed by atoms with E-state index in [0.29, 0.717) is 32.6 Å². The maximum Gasteiger partial charge on any atom is 0.416 e. The van der Waals surface area contributed by atoms with Gasteiger partial charge in [-0.05, 0) is 24.6 Å². The highest BCUT2D eigenvalue weighted by atomic mass is 35.5. The standard InChI is InChI=1S/C20H22ClF3N2O4/c21-16-6-14(20(22,23)24)1-2-18(16)29-10-12-7-26(8-12)19(28)25-4-3-17-13(9-25)5-15(27)11-30-17/h1-2,6,12-13,17H,3-5,7-11H2/t13-,17+/m1/s1. The van der Waals surface area contributed by atoms with Crippen LogP contribution in [0.15, 0.2) is 18.2 Å². The van der Waals surface area contributed by atoms with Crippen molar-refractivity contribution in [1.29, 1.82) is 0 Å². The summed E-state index contributed by atoms with van der Waals surface area (Å²) in [6.45, 7) is 2.59. The van der Waals surface area contributed by atoms with E-state index >= 15 is 0 Å². The molecule has 6 nitrogen and oxygen atoms in total. The maximum atomic E-state index is 12.7. The van der Waals surface area contributed by atoms with Crippen molar-refractivity contribution in [2.45, 2.75) is 25.1 Å². The second-order valence-electron chi connectivity index (χ2n) is 8.09. The summed E-state index contributed by atoms with van der Waals surface area (Å²) >= 11 is 5.90. The highest BCUT2D eigenvalue weighted by molar-refractivity contribution is 6.32. The van der Waals surface area contributed by atoms with Crippen LogP contribution in [0.25, 0.3) is 0 Å². The molecule has 1 aromatic carbocycles. The molecule has 0 saturated carbocycles. The fourth-order valence-electron chi connectivity index (χ4n) is 4.18. The third kappa shape index (κ3) is 4.51. The number of fused-ring (bicyclic) bond motifs is 1. The lowest BCUT2D eigenvalue weighted by molar-refractivity contribution is -0.140. The average Bonchev–Trinajstić information content (AvgIpc) is 2.66. The van der Waals surface area contributed by atoms with E-state index in [2.05, 4.69) is 0 Å². The molecule has 0 radical (unpaired) electrons. The number of carbonyl (C=O) groups excluding carboxylic acids is 2. The van der Waals surface area contributed by atoms with Crippen molar-refractivity contribution in [2.24, 2.45) is 11.8 Å². The average molecular weight is 447 g/mol. The van der Waals surface area contributed by atoms with Gasteiger partial charge >= 0.3 is 12.2 Å². The molecule has 30 heavy (non-hydrogen) atoms. The Balaban J connectivity index is 1.23. The highest BCUT2D eigenvalue weighted by Gasteiger charge is 2.40. The van der Waals surface area contributed by atoms with Crippen molar-refractivity contribution in [3.05, 3.63) is 28.8 Å². The molecule has 0 aliphatic carbocycles. The van der Waals surface area contributed by atoms with Crippen molar-refractivity contribution in [3.63, 3.8) is 0 Å². The minimum absolute atomic E-state index is 0.0535. The molecule has 3 aliphatic heterocycles. The minimum Gasteiger partial charge on any atom is -0.492 e. The molecule has 3 heterocycles. The fraction of sp³-hybridized carbons (Fsp3) is 0.600. The van der Waals surface area contributed by atoms with Crippen LogP contribution in [-0.4, -0.2) is 67.1 Å². The number of alkyl halides is 3. The summed E-state index contributed by atoms with van der Waals surface area (Å²) in [6, 6.07) is 2.93. The molecular formula is C20H22ClF3N2O4. The summed E-state index contributed by atoms with van der Waals surface area (Å²) in [5, 5.41) is -0.0933. The fourth-order valence-corrected chi connectivity index (χ4v) is 4.42. The summed E-state index contributed by atoms with van der Waals surface area (Å²) < 4.78 is 49.2. The van der Waals surface area contributed by atoms with Gasteiger partial charge in [-0.3, -0.25) is 4.79 Å². The van der Waals surface area contributed by atoms with E-state index in [0.717, 1.165) is 18.6 Å². The summed E-state index contributed by atoms with van der Waals surface area (Å²) in [5.41, 5.74) is -0.825. The Labute approximate surface area is 176 Å². The zero-order chi connectivity index (χ0) is 21.5. The van der Waals surface area contributed by atoms with Gasteiger partial charge in [0.1, 0.15) is 12.4 Å². The molecule has 10 heteroatoms. The first-order valence-electron chi connectivity index (χ1n) is 9.87. The Hall–Kier alpha value is -2.00. The van der Waals surface area contributed by atoms with Gasteiger partial charge in [0.05, 0.1) is 23.3 Å². The largest absolute Gasteiger partial charge is 0.492 e. The molecule has 0 aromatic heterocycles. The zero-order valence-corrected chi connectivity index (χ0v) is 16.9. The van der Waals surface area contributed by atoms with Crippen LogP contribution in [0.3, 0.4) is 0 Å². The van der Waals surface area contributed by atoms with E-state index in [1.807, 2.05) is 0 Å². The van der Waals surface area contributed by atoms with E-state index < -0.39 is 11.7 Å². The highest BCUT2D eigenvalue weighted by Crippen LogP contribution is 2.35. The van der Waals surface area contributed by atoms with Gasteiger partial charge in [0, 0.05) is 44.4 Å². The van der Waals surface area contributed by atoms with Crippen molar-refractivity contribution in [1.82, 2.24) is 9.80 Å². The van der Waals surface area contributed by atoms with Gasteiger partial charge in [0.25, 0.3) is 0 Å². The van der Waals surface area contributed by atoms with E-state index in [1.54, 1.807) is 9.80 Å². The minimum atomic E-state index is -4.46. The normalized spacial score (nSPS) is 25.0. The maximum absolute atomic E-state index is 12.7. The van der Waals surface area contributed by atoms with Crippen LogP contribution in [-0.2, 0) is 15.7 Å². The third-order valence-corrected chi connectivity index (χ3v) is 6.14. The number of hydrogen-bond donors (Lipinski definition) is 0. The van der Waals surface area contributed by atoms with Crippen LogP contribution in [0, 0.1) is 11.8 Å². The first-order chi connectivity index (χ1) is 14.2. The number of urea groups is 1. The predicted molar refractivity (Wildman–Crippen MR) is 101 cm³/mol. The monoisotopic (exact) mass is 446 g/mol. The molecule has 2 amide bonds. The predicted octanol–water partition coefficient (Wildman–Crippen LogP) is 3.47. The molecule has 1 aromatic rings. The third-order valence-electron chi connectivity index (χ3n) is 5.84. The molecular weight excluding hydrogens is 425 g/mol. The Morgan fingerprint density at radius 2 is 2.00 bits per heavy atom. The molecule has 3 fully saturated rings. The van der Waals surface area contributed by atoms with Crippen LogP contribution in [0.4, 0.5) is 18.0 Å². The smallest absolute Gasteiger partial charge is 0.416 e. The number of ether oxygens (including phenoxy) is 2. The number of Topliss-reactive ketones (excluding diaryl/α,β-unsaturated/α-hetero) is 1. The van der Waals surface area contributed by atoms with Crippen molar-refractivity contribution >= 4 is 23.4 Å². The molecule has 164 valence electrons. The number of benzene rings is 1. The topological polar surface area (TPSA) is 59.1 Å². The van der Waals surface area contributed by atoms with Crippen molar-refractivity contribution < 1.29 is 32.2 Å². The Morgan fingerprint density at radius 3 is 2.70 bits per heavy atom. The Kier molecular flexibility index (Phi) is 5.85. The zero-order valence-electron chi connectivity index (χ0n) is 16.2.